The third-order valence-corrected chi connectivity index (χ3v) is 3.14. The normalized spacial score (nSPS) is 15.4. The van der Waals surface area contributed by atoms with Gasteiger partial charge in [0, 0.05) is 30.0 Å². The molecule has 1 aliphatic rings. The maximum atomic E-state index is 13.7. The van der Waals surface area contributed by atoms with Gasteiger partial charge in [0.25, 0.3) is 0 Å². The van der Waals surface area contributed by atoms with Crippen LogP contribution in [0.5, 0.6) is 0 Å². The van der Waals surface area contributed by atoms with E-state index in [1.54, 1.807) is 0 Å². The molecule has 0 saturated carbocycles. The van der Waals surface area contributed by atoms with Crippen LogP contribution in [0.15, 0.2) is 6.07 Å². The summed E-state index contributed by atoms with van der Waals surface area (Å²) < 4.78 is 40.3. The summed E-state index contributed by atoms with van der Waals surface area (Å²) in [4.78, 5) is 14.1. The lowest BCUT2D eigenvalue weighted by molar-refractivity contribution is -0.118. The lowest BCUT2D eigenvalue weighted by Crippen LogP contribution is -2.12. The topological polar surface area (TPSA) is 32.9 Å². The molecule has 0 aliphatic heterocycles. The number of rotatable bonds is 0. The zero-order valence-electron chi connectivity index (χ0n) is 8.74. The highest BCUT2D eigenvalue weighted by molar-refractivity contribution is 5.93. The van der Waals surface area contributed by atoms with Gasteiger partial charge in [-0.15, -0.1) is 0 Å². The molecule has 2 aromatic rings. The van der Waals surface area contributed by atoms with Crippen LogP contribution < -0.4 is 0 Å². The van der Waals surface area contributed by atoms with E-state index in [0.717, 1.165) is 0 Å². The SMILES string of the molecule is O=C1CCc2[nH]c3c(F)cc(F)c(F)c3c2C1. The Labute approximate surface area is 94.4 Å². The van der Waals surface area contributed by atoms with E-state index in [1.807, 2.05) is 0 Å². The molecule has 88 valence electrons. The van der Waals surface area contributed by atoms with Crippen LogP contribution in [0.1, 0.15) is 17.7 Å². The zero-order chi connectivity index (χ0) is 12.2. The Kier molecular flexibility index (Phi) is 2.05. The number of H-pyrrole nitrogens is 1. The molecule has 0 unspecified atom stereocenters. The number of Topliss-reactive ketones (excluding diaryl/α,β-unsaturated/α-hetero) is 1. The summed E-state index contributed by atoms with van der Waals surface area (Å²) in [5.74, 6) is -3.19. The summed E-state index contributed by atoms with van der Waals surface area (Å²) in [5, 5.41) is -0.120. The molecule has 0 atom stereocenters. The minimum absolute atomic E-state index is 0.0369. The lowest BCUT2D eigenvalue weighted by Gasteiger charge is -2.09. The van der Waals surface area contributed by atoms with Gasteiger partial charge in [0.2, 0.25) is 0 Å². The summed E-state index contributed by atoms with van der Waals surface area (Å²) in [5.41, 5.74) is 0.971. The van der Waals surface area contributed by atoms with E-state index in [2.05, 4.69) is 4.98 Å². The summed E-state index contributed by atoms with van der Waals surface area (Å²) in [6.45, 7) is 0. The summed E-state index contributed by atoms with van der Waals surface area (Å²) >= 11 is 0. The van der Waals surface area contributed by atoms with Gasteiger partial charge in [-0.05, 0) is 12.0 Å². The number of aromatic amines is 1. The Hall–Kier alpha value is -1.78. The molecule has 1 aromatic heterocycles. The van der Waals surface area contributed by atoms with Crippen LogP contribution in [0, 0.1) is 17.5 Å². The number of ketones is 1. The Morgan fingerprint density at radius 1 is 1.12 bits per heavy atom. The van der Waals surface area contributed by atoms with E-state index in [0.29, 0.717) is 30.2 Å². The van der Waals surface area contributed by atoms with Gasteiger partial charge in [-0.2, -0.15) is 0 Å². The predicted molar refractivity (Wildman–Crippen MR) is 55.2 cm³/mol. The molecule has 0 fully saturated rings. The number of fused-ring (bicyclic) bond motifs is 3. The molecular weight excluding hydrogens is 231 g/mol. The highest BCUT2D eigenvalue weighted by atomic mass is 19.2. The first-order valence-corrected chi connectivity index (χ1v) is 5.26. The van der Waals surface area contributed by atoms with Crippen molar-refractivity contribution in [2.45, 2.75) is 19.3 Å². The number of aromatic nitrogens is 1. The van der Waals surface area contributed by atoms with Gasteiger partial charge in [0.05, 0.1) is 5.52 Å². The van der Waals surface area contributed by atoms with Crippen molar-refractivity contribution in [1.82, 2.24) is 4.98 Å². The van der Waals surface area contributed by atoms with Gasteiger partial charge in [0.15, 0.2) is 11.6 Å². The molecule has 0 saturated heterocycles. The minimum atomic E-state index is -1.23. The van der Waals surface area contributed by atoms with Gasteiger partial charge in [-0.3, -0.25) is 4.79 Å². The number of hydrogen-bond donors (Lipinski definition) is 1. The molecule has 17 heavy (non-hydrogen) atoms. The molecule has 1 N–H and O–H groups in total. The van der Waals surface area contributed by atoms with Gasteiger partial charge >= 0.3 is 0 Å². The highest BCUT2D eigenvalue weighted by Gasteiger charge is 2.25. The summed E-state index contributed by atoms with van der Waals surface area (Å²) in [7, 11) is 0. The summed E-state index contributed by atoms with van der Waals surface area (Å²) in [6, 6.07) is 0.515. The van der Waals surface area contributed by atoms with Crippen molar-refractivity contribution in [3.8, 4) is 0 Å². The second kappa shape index (κ2) is 3.35. The van der Waals surface area contributed by atoms with Crippen LogP contribution in [0.25, 0.3) is 10.9 Å². The number of nitrogens with one attached hydrogen (secondary N) is 1. The average molecular weight is 239 g/mol. The van der Waals surface area contributed by atoms with Crippen molar-refractivity contribution in [2.75, 3.05) is 0 Å². The third kappa shape index (κ3) is 1.38. The number of hydrogen-bond acceptors (Lipinski definition) is 1. The van der Waals surface area contributed by atoms with E-state index < -0.39 is 17.5 Å². The quantitative estimate of drug-likeness (QED) is 0.704. The molecule has 5 heteroatoms. The van der Waals surface area contributed by atoms with Crippen LogP contribution in [0.2, 0.25) is 0 Å². The van der Waals surface area contributed by atoms with Crippen molar-refractivity contribution in [2.24, 2.45) is 0 Å². The number of halogens is 3. The standard InChI is InChI=1S/C12H8F3NO/c13-7-4-8(14)12-10(11(7)15)6-3-5(17)1-2-9(6)16-12/h4,16H,1-3H2. The molecule has 0 radical (unpaired) electrons. The maximum absolute atomic E-state index is 13.7. The molecular formula is C12H8F3NO. The number of carbonyl (C=O) groups is 1. The largest absolute Gasteiger partial charge is 0.356 e. The number of carbonyl (C=O) groups excluding carboxylic acids is 1. The molecule has 1 aliphatic carbocycles. The van der Waals surface area contributed by atoms with Crippen molar-refractivity contribution in [1.29, 1.82) is 0 Å². The Bertz CT molecular complexity index is 645. The second-order valence-corrected chi connectivity index (χ2v) is 4.20. The van der Waals surface area contributed by atoms with Crippen LogP contribution in [0.3, 0.4) is 0 Å². The van der Waals surface area contributed by atoms with Gasteiger partial charge in [-0.1, -0.05) is 0 Å². The van der Waals surface area contributed by atoms with Crippen LogP contribution in [-0.2, 0) is 17.6 Å². The Balaban J connectivity index is 2.41. The molecule has 0 amide bonds. The molecule has 0 spiro atoms. The van der Waals surface area contributed by atoms with Crippen molar-refractivity contribution in [3.63, 3.8) is 0 Å². The summed E-state index contributed by atoms with van der Waals surface area (Å²) in [6.07, 6.45) is 0.810. The van der Waals surface area contributed by atoms with Crippen molar-refractivity contribution >= 4 is 16.7 Å². The minimum Gasteiger partial charge on any atom is -0.356 e. The fourth-order valence-corrected chi connectivity index (χ4v) is 2.34. The first-order valence-electron chi connectivity index (χ1n) is 5.26. The van der Waals surface area contributed by atoms with E-state index in [1.165, 1.54) is 0 Å². The fraction of sp³-hybridized carbons (Fsp3) is 0.250. The van der Waals surface area contributed by atoms with E-state index in [-0.39, 0.29) is 23.1 Å². The van der Waals surface area contributed by atoms with Crippen molar-refractivity contribution in [3.05, 3.63) is 34.8 Å². The van der Waals surface area contributed by atoms with Crippen molar-refractivity contribution < 1.29 is 18.0 Å². The smallest absolute Gasteiger partial charge is 0.168 e. The van der Waals surface area contributed by atoms with Gasteiger partial charge < -0.3 is 4.98 Å². The average Bonchev–Trinajstić information content (AvgIpc) is 2.65. The first kappa shape index (κ1) is 10.4. The van der Waals surface area contributed by atoms with E-state index in [9.17, 15) is 18.0 Å². The van der Waals surface area contributed by atoms with Crippen LogP contribution in [0.4, 0.5) is 13.2 Å². The zero-order valence-corrected chi connectivity index (χ0v) is 8.74. The molecule has 1 heterocycles. The fourth-order valence-electron chi connectivity index (χ4n) is 2.34. The van der Waals surface area contributed by atoms with E-state index in [4.69, 9.17) is 0 Å². The Morgan fingerprint density at radius 3 is 2.65 bits per heavy atom. The second-order valence-electron chi connectivity index (χ2n) is 4.20. The first-order chi connectivity index (χ1) is 8.08. The third-order valence-electron chi connectivity index (χ3n) is 3.14. The van der Waals surface area contributed by atoms with Gasteiger partial charge in [-0.25, -0.2) is 13.2 Å². The molecule has 0 bridgehead atoms. The van der Waals surface area contributed by atoms with Crippen LogP contribution in [-0.4, -0.2) is 10.8 Å². The number of aryl methyl sites for hydroxylation is 1. The monoisotopic (exact) mass is 239 g/mol. The molecule has 3 rings (SSSR count). The maximum Gasteiger partial charge on any atom is 0.168 e. The van der Waals surface area contributed by atoms with E-state index >= 15 is 0 Å². The number of benzene rings is 1. The van der Waals surface area contributed by atoms with Gasteiger partial charge in [0.1, 0.15) is 11.6 Å². The van der Waals surface area contributed by atoms with Crippen LogP contribution >= 0.6 is 0 Å². The molecule has 1 aromatic carbocycles. The predicted octanol–water partition coefficient (Wildman–Crippen LogP) is 2.64. The Morgan fingerprint density at radius 2 is 1.88 bits per heavy atom. The lowest BCUT2D eigenvalue weighted by atomic mass is 9.94. The molecule has 2 nitrogen and oxygen atoms in total. The highest BCUT2D eigenvalue weighted by Crippen LogP contribution is 2.32.